The Morgan fingerprint density at radius 2 is 0.972 bits per heavy atom. The molecule has 4 heteroatoms. The SMILES string of the molecule is C1=Cc2nc1cc1ccc([nH]1)c(C1CCCCC1)c1nc(cc3ccc([nH]3)c2C2CCCCC2)C=C1. The van der Waals surface area contributed by atoms with Gasteiger partial charge in [-0.05, 0) is 98.2 Å². The summed E-state index contributed by atoms with van der Waals surface area (Å²) in [5.41, 5.74) is 11.6. The van der Waals surface area contributed by atoms with Gasteiger partial charge in [0.1, 0.15) is 0 Å². The van der Waals surface area contributed by atoms with Crippen molar-refractivity contribution >= 4 is 46.4 Å². The topological polar surface area (TPSA) is 57.4 Å². The third kappa shape index (κ3) is 4.13. The molecule has 2 aliphatic heterocycles. The van der Waals surface area contributed by atoms with Crippen molar-refractivity contribution in [3.05, 3.63) is 70.3 Å². The number of aromatic nitrogens is 4. The van der Waals surface area contributed by atoms with E-state index < -0.39 is 0 Å². The van der Waals surface area contributed by atoms with Crippen molar-refractivity contribution in [1.82, 2.24) is 19.9 Å². The molecule has 3 aromatic heterocycles. The molecule has 0 unspecified atom stereocenters. The molecular formula is C32H34N4. The third-order valence-electron chi connectivity index (χ3n) is 8.51. The summed E-state index contributed by atoms with van der Waals surface area (Å²) in [4.78, 5) is 17.7. The highest BCUT2D eigenvalue weighted by Gasteiger charge is 2.23. The summed E-state index contributed by atoms with van der Waals surface area (Å²) in [6.45, 7) is 0. The van der Waals surface area contributed by atoms with Crippen LogP contribution in [0.5, 0.6) is 0 Å². The quantitative estimate of drug-likeness (QED) is 0.269. The molecule has 0 radical (unpaired) electrons. The number of hydrogen-bond acceptors (Lipinski definition) is 2. The van der Waals surface area contributed by atoms with E-state index in [1.54, 1.807) is 0 Å². The summed E-state index contributed by atoms with van der Waals surface area (Å²) in [6.07, 6.45) is 21.7. The van der Waals surface area contributed by atoms with E-state index in [4.69, 9.17) is 9.97 Å². The van der Waals surface area contributed by atoms with Crippen molar-refractivity contribution in [3.63, 3.8) is 0 Å². The van der Waals surface area contributed by atoms with E-state index in [1.807, 2.05) is 0 Å². The van der Waals surface area contributed by atoms with E-state index in [0.29, 0.717) is 11.8 Å². The first-order valence-electron chi connectivity index (χ1n) is 13.9. The highest BCUT2D eigenvalue weighted by Crippen LogP contribution is 2.38. The van der Waals surface area contributed by atoms with Gasteiger partial charge in [-0.3, -0.25) is 0 Å². The van der Waals surface area contributed by atoms with Crippen LogP contribution in [0, 0.1) is 0 Å². The Morgan fingerprint density at radius 3 is 1.42 bits per heavy atom. The van der Waals surface area contributed by atoms with E-state index in [0.717, 1.165) is 33.8 Å². The van der Waals surface area contributed by atoms with Crippen LogP contribution in [0.15, 0.2) is 36.4 Å². The van der Waals surface area contributed by atoms with Gasteiger partial charge in [-0.1, -0.05) is 38.5 Å². The van der Waals surface area contributed by atoms with Gasteiger partial charge in [0.2, 0.25) is 0 Å². The van der Waals surface area contributed by atoms with Crippen molar-refractivity contribution in [2.45, 2.75) is 76.0 Å². The minimum Gasteiger partial charge on any atom is -0.355 e. The molecule has 0 atom stereocenters. The molecule has 182 valence electrons. The van der Waals surface area contributed by atoms with Gasteiger partial charge in [-0.25, -0.2) is 9.97 Å². The van der Waals surface area contributed by atoms with Gasteiger partial charge in [0.05, 0.1) is 22.8 Å². The summed E-state index contributed by atoms with van der Waals surface area (Å²) in [7, 11) is 0. The maximum absolute atomic E-state index is 5.12. The molecular weight excluding hydrogens is 440 g/mol. The van der Waals surface area contributed by atoms with Gasteiger partial charge in [-0.2, -0.15) is 0 Å². The van der Waals surface area contributed by atoms with Crippen LogP contribution >= 0.6 is 0 Å². The second-order valence-electron chi connectivity index (χ2n) is 11.0. The molecule has 2 aliphatic carbocycles. The first-order valence-corrected chi connectivity index (χ1v) is 13.9. The van der Waals surface area contributed by atoms with Crippen molar-refractivity contribution in [1.29, 1.82) is 0 Å². The Labute approximate surface area is 212 Å². The molecule has 2 saturated carbocycles. The zero-order valence-corrected chi connectivity index (χ0v) is 20.9. The van der Waals surface area contributed by atoms with Crippen molar-refractivity contribution in [2.24, 2.45) is 0 Å². The fraction of sp³-hybridized carbons (Fsp3) is 0.375. The Bertz CT molecular complexity index is 1390. The number of nitrogens with zero attached hydrogens (tertiary/aromatic N) is 2. The number of fused-ring (bicyclic) bond motifs is 8. The van der Waals surface area contributed by atoms with Gasteiger partial charge in [-0.15, -0.1) is 0 Å². The average Bonchev–Trinajstić information content (AvgIpc) is 3.72. The lowest BCUT2D eigenvalue weighted by molar-refractivity contribution is 0.444. The predicted octanol–water partition coefficient (Wildman–Crippen LogP) is 8.75. The van der Waals surface area contributed by atoms with Crippen LogP contribution < -0.4 is 0 Å². The number of hydrogen-bond donors (Lipinski definition) is 2. The van der Waals surface area contributed by atoms with E-state index in [2.05, 4.69) is 70.7 Å². The fourth-order valence-corrected chi connectivity index (χ4v) is 6.76. The maximum Gasteiger partial charge on any atom is 0.0693 e. The molecule has 2 fully saturated rings. The van der Waals surface area contributed by atoms with Gasteiger partial charge < -0.3 is 9.97 Å². The highest BCUT2D eigenvalue weighted by atomic mass is 14.8. The molecule has 36 heavy (non-hydrogen) atoms. The zero-order valence-electron chi connectivity index (χ0n) is 20.9. The number of aromatic amines is 2. The van der Waals surface area contributed by atoms with Gasteiger partial charge in [0, 0.05) is 33.2 Å². The number of nitrogens with one attached hydrogen (secondary N) is 2. The highest BCUT2D eigenvalue weighted by molar-refractivity contribution is 5.81. The van der Waals surface area contributed by atoms with Crippen molar-refractivity contribution in [3.8, 4) is 0 Å². The van der Waals surface area contributed by atoms with Crippen LogP contribution in [0.2, 0.25) is 0 Å². The first-order chi connectivity index (χ1) is 17.8. The molecule has 0 spiro atoms. The number of H-pyrrole nitrogens is 2. The van der Waals surface area contributed by atoms with E-state index >= 15 is 0 Å². The molecule has 4 aliphatic rings. The Morgan fingerprint density at radius 1 is 0.528 bits per heavy atom. The summed E-state index contributed by atoms with van der Waals surface area (Å²) >= 11 is 0. The molecule has 7 rings (SSSR count). The van der Waals surface area contributed by atoms with E-state index in [1.165, 1.54) is 86.4 Å². The minimum absolute atomic E-state index is 0.556. The largest absolute Gasteiger partial charge is 0.355 e. The van der Waals surface area contributed by atoms with Gasteiger partial charge in [0.25, 0.3) is 0 Å². The predicted molar refractivity (Wildman–Crippen MR) is 151 cm³/mol. The summed E-state index contributed by atoms with van der Waals surface area (Å²) in [6, 6.07) is 13.3. The molecule has 0 saturated heterocycles. The summed E-state index contributed by atoms with van der Waals surface area (Å²) in [5.74, 6) is 1.11. The van der Waals surface area contributed by atoms with Crippen LogP contribution in [0.3, 0.4) is 0 Å². The van der Waals surface area contributed by atoms with Gasteiger partial charge >= 0.3 is 0 Å². The molecule has 4 nitrogen and oxygen atoms in total. The van der Waals surface area contributed by atoms with Crippen LogP contribution in [-0.2, 0) is 0 Å². The number of rotatable bonds is 2. The normalized spacial score (nSPS) is 18.7. The Balaban J connectivity index is 1.49. The smallest absolute Gasteiger partial charge is 0.0693 e. The summed E-state index contributed by atoms with van der Waals surface area (Å²) in [5, 5.41) is 0. The second-order valence-corrected chi connectivity index (χ2v) is 11.0. The van der Waals surface area contributed by atoms with Crippen LogP contribution in [-0.4, -0.2) is 19.9 Å². The van der Waals surface area contributed by atoms with Crippen LogP contribution in [0.25, 0.3) is 46.4 Å². The minimum atomic E-state index is 0.556. The Hall–Kier alpha value is -3.40. The molecule has 0 amide bonds. The lowest BCUT2D eigenvalue weighted by Crippen LogP contribution is -2.06. The van der Waals surface area contributed by atoms with Crippen molar-refractivity contribution < 1.29 is 0 Å². The molecule has 5 heterocycles. The van der Waals surface area contributed by atoms with Crippen LogP contribution in [0.1, 0.15) is 110 Å². The lowest BCUT2D eigenvalue weighted by atomic mass is 9.83. The monoisotopic (exact) mass is 474 g/mol. The van der Waals surface area contributed by atoms with Crippen molar-refractivity contribution in [2.75, 3.05) is 0 Å². The van der Waals surface area contributed by atoms with Crippen LogP contribution in [0.4, 0.5) is 0 Å². The maximum atomic E-state index is 5.12. The third-order valence-corrected chi connectivity index (χ3v) is 8.51. The zero-order chi connectivity index (χ0) is 23.9. The molecule has 8 bridgehead atoms. The van der Waals surface area contributed by atoms with E-state index in [9.17, 15) is 0 Å². The van der Waals surface area contributed by atoms with E-state index in [-0.39, 0.29) is 0 Å². The van der Waals surface area contributed by atoms with Gasteiger partial charge in [0.15, 0.2) is 0 Å². The Kier molecular flexibility index (Phi) is 5.61. The standard InChI is InChI=1S/C32H34N4/c1-3-7-21(8-4-1)31-27-15-11-23(33-27)19-25-13-17-29(35-25)32(22-9-5-2-6-10-22)30-18-14-26(36-30)20-24-12-16-28(31)34-24/h11-22,33,36H,1-10H2. The molecule has 0 aromatic carbocycles. The average molecular weight is 475 g/mol. The second kappa shape index (κ2) is 9.24. The lowest BCUT2D eigenvalue weighted by Gasteiger charge is -2.22. The fourth-order valence-electron chi connectivity index (χ4n) is 6.76. The molecule has 2 N–H and O–H groups in total. The molecule has 3 aromatic rings. The first kappa shape index (κ1) is 21.8. The summed E-state index contributed by atoms with van der Waals surface area (Å²) < 4.78 is 0.